The van der Waals surface area contributed by atoms with Crippen molar-refractivity contribution in [2.75, 3.05) is 0 Å². The molecule has 29 heavy (non-hydrogen) atoms. The van der Waals surface area contributed by atoms with E-state index >= 15 is 0 Å². The molecule has 0 spiro atoms. The van der Waals surface area contributed by atoms with Crippen LogP contribution in [0.5, 0.6) is 0 Å². The normalized spacial score (nSPS) is 12.3. The Bertz CT molecular complexity index is 1220. The van der Waals surface area contributed by atoms with Gasteiger partial charge in [0.15, 0.2) is 16.8 Å². The molecular weight excluding hydrogens is 388 g/mol. The molecule has 0 unspecified atom stereocenters. The van der Waals surface area contributed by atoms with Crippen LogP contribution in [0.3, 0.4) is 0 Å². The van der Waals surface area contributed by atoms with Crippen molar-refractivity contribution < 1.29 is 0 Å². The Labute approximate surface area is 171 Å². The summed E-state index contributed by atoms with van der Waals surface area (Å²) in [7, 11) is 3.58. The summed E-state index contributed by atoms with van der Waals surface area (Å²) >= 11 is 1.49. The zero-order valence-electron chi connectivity index (χ0n) is 16.5. The van der Waals surface area contributed by atoms with E-state index in [1.54, 1.807) is 19.3 Å². The number of benzene rings is 1. The first-order chi connectivity index (χ1) is 13.9. The standard InChI is InChI=1S/C19H20N8OS/c1-12-6-5-7-15(10-12)27-23-17(20-24-27)13(2)29-19-22-21-18(26(19)4)14-8-9-25(3)16(28)11-14/h5-11,13H,1-4H3/t13-/m1/s1. The quantitative estimate of drug-likeness (QED) is 0.468. The van der Waals surface area contributed by atoms with E-state index in [1.165, 1.54) is 21.1 Å². The maximum Gasteiger partial charge on any atom is 0.250 e. The third-order valence-electron chi connectivity index (χ3n) is 4.50. The summed E-state index contributed by atoms with van der Waals surface area (Å²) < 4.78 is 3.38. The van der Waals surface area contributed by atoms with Crippen molar-refractivity contribution in [1.82, 2.24) is 39.5 Å². The van der Waals surface area contributed by atoms with E-state index < -0.39 is 0 Å². The molecule has 0 saturated heterocycles. The van der Waals surface area contributed by atoms with Crippen molar-refractivity contribution in [1.29, 1.82) is 0 Å². The van der Waals surface area contributed by atoms with Crippen LogP contribution in [0.4, 0.5) is 0 Å². The lowest BCUT2D eigenvalue weighted by atomic mass is 10.2. The topological polar surface area (TPSA) is 96.3 Å². The van der Waals surface area contributed by atoms with Gasteiger partial charge in [-0.1, -0.05) is 23.9 Å². The molecule has 3 aromatic heterocycles. The SMILES string of the molecule is Cc1cccc(-n2nnc([C@@H](C)Sc3nnc(-c4ccn(C)c(=O)c4)n3C)n2)c1. The van der Waals surface area contributed by atoms with E-state index in [9.17, 15) is 4.79 Å². The first-order valence-electron chi connectivity index (χ1n) is 9.02. The highest BCUT2D eigenvalue weighted by atomic mass is 32.2. The molecule has 0 N–H and O–H groups in total. The molecule has 0 fully saturated rings. The highest BCUT2D eigenvalue weighted by Crippen LogP contribution is 2.32. The van der Waals surface area contributed by atoms with Crippen molar-refractivity contribution in [2.45, 2.75) is 24.3 Å². The maximum absolute atomic E-state index is 11.9. The molecule has 3 heterocycles. The largest absolute Gasteiger partial charge is 0.319 e. The summed E-state index contributed by atoms with van der Waals surface area (Å²) in [6, 6.07) is 11.3. The van der Waals surface area contributed by atoms with Crippen molar-refractivity contribution in [3.8, 4) is 17.1 Å². The Morgan fingerprint density at radius 1 is 1.07 bits per heavy atom. The van der Waals surface area contributed by atoms with E-state index in [0.29, 0.717) is 16.8 Å². The zero-order valence-corrected chi connectivity index (χ0v) is 17.3. The van der Waals surface area contributed by atoms with Gasteiger partial charge in [-0.15, -0.1) is 25.2 Å². The monoisotopic (exact) mass is 408 g/mol. The fourth-order valence-electron chi connectivity index (χ4n) is 2.82. The van der Waals surface area contributed by atoms with Crippen molar-refractivity contribution >= 4 is 11.8 Å². The number of hydrogen-bond donors (Lipinski definition) is 0. The molecule has 0 aliphatic carbocycles. The average Bonchev–Trinajstić information content (AvgIpc) is 3.32. The van der Waals surface area contributed by atoms with Gasteiger partial charge in [-0.25, -0.2) is 0 Å². The van der Waals surface area contributed by atoms with Gasteiger partial charge in [0, 0.05) is 31.9 Å². The van der Waals surface area contributed by atoms with Crippen LogP contribution in [0.25, 0.3) is 17.1 Å². The summed E-state index contributed by atoms with van der Waals surface area (Å²) in [6.07, 6.45) is 1.72. The van der Waals surface area contributed by atoms with Gasteiger partial charge in [0.25, 0.3) is 5.56 Å². The summed E-state index contributed by atoms with van der Waals surface area (Å²) in [5.74, 6) is 1.24. The minimum Gasteiger partial charge on any atom is -0.319 e. The molecule has 148 valence electrons. The predicted octanol–water partition coefficient (Wildman–Crippen LogP) is 2.32. The van der Waals surface area contributed by atoms with E-state index in [-0.39, 0.29) is 10.8 Å². The zero-order chi connectivity index (χ0) is 20.5. The van der Waals surface area contributed by atoms with Crippen LogP contribution in [0.15, 0.2) is 52.5 Å². The smallest absolute Gasteiger partial charge is 0.250 e. The molecule has 0 saturated carbocycles. The second-order valence-corrected chi connectivity index (χ2v) is 8.07. The van der Waals surface area contributed by atoms with Crippen LogP contribution in [0.1, 0.15) is 23.6 Å². The van der Waals surface area contributed by atoms with Crippen LogP contribution < -0.4 is 5.56 Å². The number of nitrogens with zero attached hydrogens (tertiary/aromatic N) is 8. The van der Waals surface area contributed by atoms with Crippen LogP contribution in [-0.4, -0.2) is 39.5 Å². The molecule has 0 bridgehead atoms. The van der Waals surface area contributed by atoms with Crippen LogP contribution in [0, 0.1) is 6.92 Å². The average molecular weight is 408 g/mol. The van der Waals surface area contributed by atoms with Gasteiger partial charge in [0.05, 0.1) is 10.9 Å². The lowest BCUT2D eigenvalue weighted by Gasteiger charge is -2.07. The first-order valence-corrected chi connectivity index (χ1v) is 9.90. The number of rotatable bonds is 5. The minimum atomic E-state index is -0.0926. The number of tetrazole rings is 1. The van der Waals surface area contributed by atoms with Crippen molar-refractivity contribution in [2.24, 2.45) is 14.1 Å². The molecular formula is C19H20N8OS. The van der Waals surface area contributed by atoms with Crippen LogP contribution >= 0.6 is 11.8 Å². The Morgan fingerprint density at radius 2 is 1.90 bits per heavy atom. The number of aryl methyl sites for hydroxylation is 2. The lowest BCUT2D eigenvalue weighted by Crippen LogP contribution is -2.14. The molecule has 4 rings (SSSR count). The summed E-state index contributed by atoms with van der Waals surface area (Å²) in [4.78, 5) is 13.4. The Kier molecular flexibility index (Phi) is 5.01. The van der Waals surface area contributed by atoms with Gasteiger partial charge in [0.2, 0.25) is 0 Å². The summed E-state index contributed by atoms with van der Waals surface area (Å²) in [5.41, 5.74) is 2.63. The van der Waals surface area contributed by atoms with Gasteiger partial charge in [-0.2, -0.15) is 0 Å². The predicted molar refractivity (Wildman–Crippen MR) is 110 cm³/mol. The third-order valence-corrected chi connectivity index (χ3v) is 5.64. The number of thioether (sulfide) groups is 1. The molecule has 0 amide bonds. The van der Waals surface area contributed by atoms with Gasteiger partial charge in [-0.3, -0.25) is 4.79 Å². The minimum absolute atomic E-state index is 0.0760. The fourth-order valence-corrected chi connectivity index (χ4v) is 3.67. The lowest BCUT2D eigenvalue weighted by molar-refractivity contribution is 0.717. The van der Waals surface area contributed by atoms with Gasteiger partial charge >= 0.3 is 0 Å². The third kappa shape index (κ3) is 3.83. The van der Waals surface area contributed by atoms with Gasteiger partial charge in [-0.05, 0) is 42.8 Å². The molecule has 9 nitrogen and oxygen atoms in total. The highest BCUT2D eigenvalue weighted by Gasteiger charge is 2.19. The van der Waals surface area contributed by atoms with Crippen molar-refractivity contribution in [3.63, 3.8) is 0 Å². The molecule has 1 atom stereocenters. The van der Waals surface area contributed by atoms with Crippen LogP contribution in [0.2, 0.25) is 0 Å². The van der Waals surface area contributed by atoms with E-state index in [4.69, 9.17) is 0 Å². The maximum atomic E-state index is 11.9. The Morgan fingerprint density at radius 3 is 2.66 bits per heavy atom. The van der Waals surface area contributed by atoms with E-state index in [1.807, 2.05) is 55.8 Å². The number of pyridine rings is 1. The summed E-state index contributed by atoms with van der Waals surface area (Å²) in [6.45, 7) is 4.02. The van der Waals surface area contributed by atoms with E-state index in [0.717, 1.165) is 16.8 Å². The van der Waals surface area contributed by atoms with Gasteiger partial charge < -0.3 is 9.13 Å². The highest BCUT2D eigenvalue weighted by molar-refractivity contribution is 7.99. The Balaban J connectivity index is 1.55. The van der Waals surface area contributed by atoms with Crippen LogP contribution in [-0.2, 0) is 14.1 Å². The van der Waals surface area contributed by atoms with Crippen molar-refractivity contribution in [3.05, 3.63) is 64.3 Å². The second-order valence-electron chi connectivity index (χ2n) is 6.77. The molecule has 0 radical (unpaired) electrons. The molecule has 1 aromatic carbocycles. The second kappa shape index (κ2) is 7.63. The number of hydrogen-bond acceptors (Lipinski definition) is 7. The molecule has 4 aromatic rings. The first kappa shape index (κ1) is 19.1. The number of aromatic nitrogens is 8. The molecule has 0 aliphatic rings. The molecule has 0 aliphatic heterocycles. The van der Waals surface area contributed by atoms with Gasteiger partial charge in [0.1, 0.15) is 0 Å². The fraction of sp³-hybridized carbons (Fsp3) is 0.263. The Hall–Kier alpha value is -3.27. The molecule has 10 heteroatoms. The van der Waals surface area contributed by atoms with E-state index in [2.05, 4.69) is 25.6 Å². The summed E-state index contributed by atoms with van der Waals surface area (Å²) in [5, 5.41) is 22.0.